The number of rotatable bonds is 5. The average Bonchev–Trinajstić information content (AvgIpc) is 3.27. The number of ether oxygens (including phenoxy) is 1. The third kappa shape index (κ3) is 5.98. The number of carboxylic acid groups (broad SMARTS) is 1. The van der Waals surface area contributed by atoms with Gasteiger partial charge in [-0.1, -0.05) is 29.8 Å². The average molecular weight is 442 g/mol. The van der Waals surface area contributed by atoms with Gasteiger partial charge in [0, 0.05) is 45.8 Å². The van der Waals surface area contributed by atoms with E-state index in [0.29, 0.717) is 11.8 Å². The molecule has 3 heterocycles. The Labute approximate surface area is 180 Å². The van der Waals surface area contributed by atoms with Crippen molar-refractivity contribution < 1.29 is 32.6 Å². The van der Waals surface area contributed by atoms with Crippen LogP contribution >= 0.6 is 0 Å². The normalized spacial score (nSPS) is 22.9. The summed E-state index contributed by atoms with van der Waals surface area (Å²) in [4.78, 5) is 25.2. The molecule has 0 aromatic heterocycles. The van der Waals surface area contributed by atoms with Gasteiger partial charge in [-0.3, -0.25) is 9.69 Å². The Balaban J connectivity index is 0.000000339. The Kier molecular flexibility index (Phi) is 7.26. The van der Waals surface area contributed by atoms with E-state index in [1.807, 2.05) is 0 Å². The fourth-order valence-electron chi connectivity index (χ4n) is 4.57. The smallest absolute Gasteiger partial charge is 0.475 e. The highest BCUT2D eigenvalue weighted by molar-refractivity contribution is 5.78. The minimum absolute atomic E-state index is 0.0630. The third-order valence-corrected chi connectivity index (χ3v) is 6.27. The Hall–Kier alpha value is -2.13. The number of nitrogens with zero attached hydrogens (tertiary/aromatic N) is 2. The van der Waals surface area contributed by atoms with Crippen LogP contribution in [0.5, 0.6) is 0 Å². The van der Waals surface area contributed by atoms with Crippen LogP contribution in [0, 0.1) is 12.8 Å². The molecule has 1 amide bonds. The van der Waals surface area contributed by atoms with Crippen LogP contribution in [-0.4, -0.2) is 71.3 Å². The molecule has 9 heteroatoms. The molecule has 172 valence electrons. The number of benzene rings is 1. The molecule has 0 bridgehead atoms. The molecule has 3 aliphatic rings. The number of carboxylic acids is 1. The van der Waals surface area contributed by atoms with Crippen molar-refractivity contribution in [3.63, 3.8) is 0 Å². The van der Waals surface area contributed by atoms with Crippen molar-refractivity contribution in [2.24, 2.45) is 5.92 Å². The summed E-state index contributed by atoms with van der Waals surface area (Å²) < 4.78 is 37.9. The first kappa shape index (κ1) is 23.5. The fraction of sp³-hybridized carbons (Fsp3) is 0.636. The number of carbonyl (C=O) groups is 2. The lowest BCUT2D eigenvalue weighted by atomic mass is 9.78. The van der Waals surface area contributed by atoms with Crippen molar-refractivity contribution in [2.75, 3.05) is 32.8 Å². The molecule has 6 nitrogen and oxygen atoms in total. The quantitative estimate of drug-likeness (QED) is 0.758. The van der Waals surface area contributed by atoms with Crippen LogP contribution in [0.2, 0.25) is 0 Å². The molecule has 3 fully saturated rings. The minimum atomic E-state index is -5.08. The zero-order valence-electron chi connectivity index (χ0n) is 17.7. The van der Waals surface area contributed by atoms with Gasteiger partial charge in [-0.2, -0.15) is 13.2 Å². The van der Waals surface area contributed by atoms with E-state index in [0.717, 1.165) is 65.0 Å². The molecule has 3 aliphatic heterocycles. The van der Waals surface area contributed by atoms with Crippen molar-refractivity contribution >= 4 is 11.9 Å². The molecule has 31 heavy (non-hydrogen) atoms. The van der Waals surface area contributed by atoms with Crippen LogP contribution < -0.4 is 0 Å². The zero-order valence-corrected chi connectivity index (χ0v) is 17.7. The van der Waals surface area contributed by atoms with E-state index in [1.165, 1.54) is 11.1 Å². The van der Waals surface area contributed by atoms with Gasteiger partial charge in [0.05, 0.1) is 5.60 Å². The number of aliphatic carboxylic acids is 1. The van der Waals surface area contributed by atoms with E-state index in [1.54, 1.807) is 0 Å². The van der Waals surface area contributed by atoms with Gasteiger partial charge in [0.25, 0.3) is 0 Å². The maximum absolute atomic E-state index is 11.8. The molecule has 3 saturated heterocycles. The molecular weight excluding hydrogens is 413 g/mol. The number of amides is 1. The second kappa shape index (κ2) is 9.56. The van der Waals surface area contributed by atoms with Crippen molar-refractivity contribution in [3.8, 4) is 0 Å². The summed E-state index contributed by atoms with van der Waals surface area (Å²) in [6, 6.07) is 8.83. The second-order valence-corrected chi connectivity index (χ2v) is 8.61. The maximum atomic E-state index is 11.8. The molecular formula is C22H29F3N2O4. The minimum Gasteiger partial charge on any atom is -0.475 e. The number of likely N-dealkylation sites (tertiary alicyclic amines) is 2. The Morgan fingerprint density at radius 3 is 2.45 bits per heavy atom. The summed E-state index contributed by atoms with van der Waals surface area (Å²) in [6.07, 6.45) is -1.05. The largest absolute Gasteiger partial charge is 0.490 e. The van der Waals surface area contributed by atoms with Crippen LogP contribution in [0.4, 0.5) is 13.2 Å². The van der Waals surface area contributed by atoms with E-state index in [4.69, 9.17) is 14.6 Å². The molecule has 1 unspecified atom stereocenters. The van der Waals surface area contributed by atoms with Crippen molar-refractivity contribution in [1.29, 1.82) is 0 Å². The van der Waals surface area contributed by atoms with E-state index in [9.17, 15) is 18.0 Å². The fourth-order valence-corrected chi connectivity index (χ4v) is 4.57. The number of carbonyl (C=O) groups excluding carboxylic acids is 1. The molecule has 0 saturated carbocycles. The third-order valence-electron chi connectivity index (χ3n) is 6.27. The lowest BCUT2D eigenvalue weighted by Crippen LogP contribution is -2.64. The van der Waals surface area contributed by atoms with Crippen LogP contribution in [0.15, 0.2) is 24.3 Å². The number of halogens is 3. The highest BCUT2D eigenvalue weighted by atomic mass is 19.4. The molecule has 1 atom stereocenters. The van der Waals surface area contributed by atoms with Crippen LogP contribution in [0.25, 0.3) is 0 Å². The van der Waals surface area contributed by atoms with Gasteiger partial charge in [-0.05, 0) is 37.7 Å². The topological polar surface area (TPSA) is 70.1 Å². The molecule has 1 spiro atoms. The molecule has 0 aliphatic carbocycles. The van der Waals surface area contributed by atoms with Gasteiger partial charge in [0.15, 0.2) is 0 Å². The zero-order chi connectivity index (χ0) is 22.6. The maximum Gasteiger partial charge on any atom is 0.490 e. The summed E-state index contributed by atoms with van der Waals surface area (Å²) >= 11 is 0. The summed E-state index contributed by atoms with van der Waals surface area (Å²) in [5.74, 6) is -1.80. The van der Waals surface area contributed by atoms with Gasteiger partial charge >= 0.3 is 12.1 Å². The number of hydrogen-bond donors (Lipinski definition) is 1. The number of alkyl halides is 3. The first-order valence-corrected chi connectivity index (χ1v) is 10.6. The predicted molar refractivity (Wildman–Crippen MR) is 107 cm³/mol. The second-order valence-electron chi connectivity index (χ2n) is 8.61. The first-order valence-electron chi connectivity index (χ1n) is 10.6. The van der Waals surface area contributed by atoms with Crippen LogP contribution in [0.1, 0.15) is 36.8 Å². The summed E-state index contributed by atoms with van der Waals surface area (Å²) in [5, 5.41) is 7.12. The molecule has 4 rings (SSSR count). The molecule has 1 N–H and O–H groups in total. The highest BCUT2D eigenvalue weighted by Gasteiger charge is 2.52. The van der Waals surface area contributed by atoms with Crippen LogP contribution in [0.3, 0.4) is 0 Å². The predicted octanol–water partition coefficient (Wildman–Crippen LogP) is 3.23. The van der Waals surface area contributed by atoms with Gasteiger partial charge in [-0.15, -0.1) is 0 Å². The van der Waals surface area contributed by atoms with E-state index < -0.39 is 12.1 Å². The van der Waals surface area contributed by atoms with E-state index in [-0.39, 0.29) is 5.60 Å². The Bertz CT molecular complexity index is 776. The van der Waals surface area contributed by atoms with Crippen LogP contribution in [-0.2, 0) is 20.9 Å². The van der Waals surface area contributed by atoms with Crippen molar-refractivity contribution in [2.45, 2.75) is 50.9 Å². The molecule has 1 aromatic rings. The number of hydrogen-bond acceptors (Lipinski definition) is 4. The van der Waals surface area contributed by atoms with Gasteiger partial charge in [-0.25, -0.2) is 4.79 Å². The van der Waals surface area contributed by atoms with Gasteiger partial charge < -0.3 is 14.7 Å². The molecule has 1 aromatic carbocycles. The van der Waals surface area contributed by atoms with Crippen molar-refractivity contribution in [1.82, 2.24) is 9.80 Å². The van der Waals surface area contributed by atoms with Gasteiger partial charge in [0.2, 0.25) is 5.91 Å². The SMILES string of the molecule is Cc1ccc(CN2CC3(C2)OCCC3CCN2CCCC2=O)cc1.O=C(O)C(F)(F)F. The summed E-state index contributed by atoms with van der Waals surface area (Å²) in [6.45, 7) is 7.99. The van der Waals surface area contributed by atoms with Crippen molar-refractivity contribution in [3.05, 3.63) is 35.4 Å². The van der Waals surface area contributed by atoms with E-state index >= 15 is 0 Å². The highest BCUT2D eigenvalue weighted by Crippen LogP contribution is 2.42. The van der Waals surface area contributed by atoms with E-state index in [2.05, 4.69) is 41.0 Å². The standard InChI is InChI=1S/C20H28N2O2.C2HF3O2/c1-16-4-6-17(7-5-16)13-21-14-20(15-21)18(9-12-24-20)8-11-22-10-2-3-19(22)23;3-2(4,5)1(6)7/h4-7,18H,2-3,8-15H2,1H3;(H,6,7). The summed E-state index contributed by atoms with van der Waals surface area (Å²) in [5.41, 5.74) is 2.76. The Morgan fingerprint density at radius 2 is 1.90 bits per heavy atom. The summed E-state index contributed by atoms with van der Waals surface area (Å²) in [7, 11) is 0. The first-order chi connectivity index (χ1) is 14.6. The lowest BCUT2D eigenvalue weighted by Gasteiger charge is -2.50. The Morgan fingerprint density at radius 1 is 1.26 bits per heavy atom. The monoisotopic (exact) mass is 442 g/mol. The molecule has 0 radical (unpaired) electrons. The lowest BCUT2D eigenvalue weighted by molar-refractivity contribution is -0.192. The number of aryl methyl sites for hydroxylation is 1. The van der Waals surface area contributed by atoms with Gasteiger partial charge in [0.1, 0.15) is 0 Å².